The zero-order valence-electron chi connectivity index (χ0n) is 15.0. The minimum absolute atomic E-state index is 0.113. The highest BCUT2D eigenvalue weighted by molar-refractivity contribution is 5.66. The molecule has 0 spiro atoms. The molecule has 1 aliphatic rings. The van der Waals surface area contributed by atoms with Gasteiger partial charge in [-0.2, -0.15) is 13.2 Å². The van der Waals surface area contributed by atoms with Gasteiger partial charge in [-0.3, -0.25) is 4.79 Å². The summed E-state index contributed by atoms with van der Waals surface area (Å²) in [6, 6.07) is 8.72. The van der Waals surface area contributed by atoms with Crippen molar-refractivity contribution in [2.24, 2.45) is 0 Å². The predicted molar refractivity (Wildman–Crippen MR) is 95.3 cm³/mol. The first-order valence-electron chi connectivity index (χ1n) is 9.03. The molecule has 0 atom stereocenters. The van der Waals surface area contributed by atoms with E-state index >= 15 is 0 Å². The Balaban J connectivity index is 1.80. The Morgan fingerprint density at radius 2 is 2.00 bits per heavy atom. The van der Waals surface area contributed by atoms with Crippen molar-refractivity contribution in [1.82, 2.24) is 4.98 Å². The summed E-state index contributed by atoms with van der Waals surface area (Å²) >= 11 is 0. The molecule has 0 radical (unpaired) electrons. The molecule has 0 unspecified atom stereocenters. The predicted octanol–water partition coefficient (Wildman–Crippen LogP) is 4.94. The van der Waals surface area contributed by atoms with Crippen LogP contribution >= 0.6 is 0 Å². The molecule has 0 aliphatic heterocycles. The van der Waals surface area contributed by atoms with Gasteiger partial charge in [0.1, 0.15) is 11.9 Å². The highest BCUT2D eigenvalue weighted by Crippen LogP contribution is 2.39. The lowest BCUT2D eigenvalue weighted by molar-refractivity contribution is -0.140. The molecule has 2 aromatic rings. The normalized spacial score (nSPS) is 14.4. The van der Waals surface area contributed by atoms with Gasteiger partial charge < -0.3 is 14.6 Å². The smallest absolute Gasteiger partial charge is 0.419 e. The van der Waals surface area contributed by atoms with E-state index in [2.05, 4.69) is 4.98 Å². The molecule has 1 heterocycles. The number of nitrogens with zero attached hydrogens (tertiary/aromatic N) is 1. The Hall–Kier alpha value is -2.77. The summed E-state index contributed by atoms with van der Waals surface area (Å²) in [6.07, 6.45) is -1.52. The molecule has 3 rings (SSSR count). The summed E-state index contributed by atoms with van der Waals surface area (Å²) in [5.41, 5.74) is -0.253. The molecule has 0 saturated heterocycles. The van der Waals surface area contributed by atoms with Gasteiger partial charge in [-0.25, -0.2) is 4.98 Å². The zero-order chi connectivity index (χ0) is 20.1. The van der Waals surface area contributed by atoms with Crippen LogP contribution in [0, 0.1) is 0 Å². The molecule has 0 bridgehead atoms. The molecular weight excluding hydrogens is 375 g/mol. The monoisotopic (exact) mass is 395 g/mol. The van der Waals surface area contributed by atoms with E-state index in [1.807, 2.05) is 0 Å². The van der Waals surface area contributed by atoms with E-state index in [1.165, 1.54) is 12.1 Å². The molecule has 1 fully saturated rings. The third kappa shape index (κ3) is 5.15. The standard InChI is InChI=1S/C20H20F3NO4/c21-20(22,23)15-12-13(9-10-17(15)27-11-3-8-19(25)26)16-6-2-7-18(24-16)28-14-4-1-5-14/h2,6-7,9-10,12,14H,1,3-5,8,11H2,(H,25,26). The van der Waals surface area contributed by atoms with Gasteiger partial charge in [-0.05, 0) is 49.9 Å². The van der Waals surface area contributed by atoms with Crippen molar-refractivity contribution in [3.05, 3.63) is 42.0 Å². The number of carbonyl (C=O) groups is 1. The summed E-state index contributed by atoms with van der Waals surface area (Å²) in [6.45, 7) is -0.113. The fourth-order valence-electron chi connectivity index (χ4n) is 2.74. The average molecular weight is 395 g/mol. The number of benzene rings is 1. The molecule has 1 N–H and O–H groups in total. The van der Waals surface area contributed by atoms with Crippen molar-refractivity contribution in [3.8, 4) is 22.9 Å². The number of alkyl halides is 3. The van der Waals surface area contributed by atoms with Crippen LogP contribution in [0.15, 0.2) is 36.4 Å². The molecule has 0 amide bonds. The maximum atomic E-state index is 13.5. The van der Waals surface area contributed by atoms with Gasteiger partial charge in [0.05, 0.1) is 17.9 Å². The number of pyridine rings is 1. The Kier molecular flexibility index (Phi) is 6.06. The van der Waals surface area contributed by atoms with Crippen LogP contribution in [0.4, 0.5) is 13.2 Å². The van der Waals surface area contributed by atoms with Gasteiger partial charge in [0.15, 0.2) is 0 Å². The third-order valence-electron chi connectivity index (χ3n) is 4.44. The Morgan fingerprint density at radius 1 is 1.21 bits per heavy atom. The highest BCUT2D eigenvalue weighted by Gasteiger charge is 2.35. The number of rotatable bonds is 8. The highest BCUT2D eigenvalue weighted by atomic mass is 19.4. The second-order valence-electron chi connectivity index (χ2n) is 6.59. The van der Waals surface area contributed by atoms with Crippen LogP contribution in [0.5, 0.6) is 11.6 Å². The Bertz CT molecular complexity index is 834. The van der Waals surface area contributed by atoms with Gasteiger partial charge in [0, 0.05) is 18.1 Å². The maximum Gasteiger partial charge on any atom is 0.419 e. The Labute approximate surface area is 160 Å². The van der Waals surface area contributed by atoms with Crippen LogP contribution in [0.3, 0.4) is 0 Å². The number of aliphatic carboxylic acids is 1. The number of carboxylic acids is 1. The van der Waals surface area contributed by atoms with Gasteiger partial charge >= 0.3 is 12.1 Å². The van der Waals surface area contributed by atoms with Gasteiger partial charge in [0.25, 0.3) is 0 Å². The van der Waals surface area contributed by atoms with E-state index in [4.69, 9.17) is 14.6 Å². The van der Waals surface area contributed by atoms with Crippen LogP contribution in [0.2, 0.25) is 0 Å². The second-order valence-corrected chi connectivity index (χ2v) is 6.59. The number of aromatic nitrogens is 1. The van der Waals surface area contributed by atoms with Crippen LogP contribution in [0.1, 0.15) is 37.7 Å². The fourth-order valence-corrected chi connectivity index (χ4v) is 2.74. The second kappa shape index (κ2) is 8.50. The van der Waals surface area contributed by atoms with Crippen LogP contribution in [0.25, 0.3) is 11.3 Å². The lowest BCUT2D eigenvalue weighted by atomic mass is 9.96. The average Bonchev–Trinajstić information content (AvgIpc) is 2.61. The third-order valence-corrected chi connectivity index (χ3v) is 4.44. The van der Waals surface area contributed by atoms with Crippen molar-refractivity contribution in [2.45, 2.75) is 44.4 Å². The number of hydrogen-bond acceptors (Lipinski definition) is 4. The Morgan fingerprint density at radius 3 is 2.64 bits per heavy atom. The minimum Gasteiger partial charge on any atom is -0.493 e. The summed E-state index contributed by atoms with van der Waals surface area (Å²) in [5.74, 6) is -0.960. The van der Waals surface area contributed by atoms with Gasteiger partial charge in [-0.1, -0.05) is 6.07 Å². The first-order valence-corrected chi connectivity index (χ1v) is 9.03. The van der Waals surface area contributed by atoms with E-state index < -0.39 is 17.7 Å². The van der Waals surface area contributed by atoms with Crippen molar-refractivity contribution in [1.29, 1.82) is 0 Å². The number of halogens is 3. The number of carboxylic acid groups (broad SMARTS) is 1. The van der Waals surface area contributed by atoms with E-state index in [0.29, 0.717) is 17.1 Å². The molecule has 1 aromatic carbocycles. The molecule has 150 valence electrons. The van der Waals surface area contributed by atoms with Crippen LogP contribution in [-0.2, 0) is 11.0 Å². The first kappa shape index (κ1) is 20.0. The zero-order valence-corrected chi connectivity index (χ0v) is 15.0. The van der Waals surface area contributed by atoms with Crippen LogP contribution < -0.4 is 9.47 Å². The quantitative estimate of drug-likeness (QED) is 0.641. The lowest BCUT2D eigenvalue weighted by Gasteiger charge is -2.25. The lowest BCUT2D eigenvalue weighted by Crippen LogP contribution is -2.24. The van der Waals surface area contributed by atoms with E-state index in [0.717, 1.165) is 25.3 Å². The minimum atomic E-state index is -4.61. The number of hydrogen-bond donors (Lipinski definition) is 1. The summed E-state index contributed by atoms with van der Waals surface area (Å²) in [7, 11) is 0. The van der Waals surface area contributed by atoms with Crippen molar-refractivity contribution in [3.63, 3.8) is 0 Å². The largest absolute Gasteiger partial charge is 0.493 e. The SMILES string of the molecule is O=C(O)CCCOc1ccc(-c2cccc(OC3CCC3)n2)cc1C(F)(F)F. The van der Waals surface area contributed by atoms with Gasteiger partial charge in [0.2, 0.25) is 5.88 Å². The van der Waals surface area contributed by atoms with Crippen molar-refractivity contribution >= 4 is 5.97 Å². The summed E-state index contributed by atoms with van der Waals surface area (Å²) in [5, 5.41) is 8.60. The van der Waals surface area contributed by atoms with E-state index in [9.17, 15) is 18.0 Å². The summed E-state index contributed by atoms with van der Waals surface area (Å²) in [4.78, 5) is 14.8. The maximum absolute atomic E-state index is 13.5. The first-order chi connectivity index (χ1) is 13.3. The van der Waals surface area contributed by atoms with E-state index in [-0.39, 0.29) is 31.3 Å². The summed E-state index contributed by atoms with van der Waals surface area (Å²) < 4.78 is 51.3. The van der Waals surface area contributed by atoms with E-state index in [1.54, 1.807) is 18.2 Å². The topological polar surface area (TPSA) is 68.7 Å². The van der Waals surface area contributed by atoms with Crippen molar-refractivity contribution < 1.29 is 32.5 Å². The molecule has 1 aliphatic carbocycles. The molecule has 8 heteroatoms. The fraction of sp³-hybridized carbons (Fsp3) is 0.400. The molecule has 5 nitrogen and oxygen atoms in total. The molecule has 1 saturated carbocycles. The molecule has 28 heavy (non-hydrogen) atoms. The molecular formula is C20H20F3NO4. The van der Waals surface area contributed by atoms with Crippen molar-refractivity contribution in [2.75, 3.05) is 6.61 Å². The van der Waals surface area contributed by atoms with Crippen LogP contribution in [-0.4, -0.2) is 28.8 Å². The van der Waals surface area contributed by atoms with Gasteiger partial charge in [-0.15, -0.1) is 0 Å². The molecule has 1 aromatic heterocycles. The number of ether oxygens (including phenoxy) is 2.